The van der Waals surface area contributed by atoms with E-state index in [1.165, 1.54) is 4.90 Å². The summed E-state index contributed by atoms with van der Waals surface area (Å²) in [5.74, 6) is -0.463. The molecule has 8 nitrogen and oxygen atoms in total. The van der Waals surface area contributed by atoms with Crippen molar-refractivity contribution >= 4 is 22.7 Å². The maximum atomic E-state index is 12.8. The quantitative estimate of drug-likeness (QED) is 0.638. The fourth-order valence-electron chi connectivity index (χ4n) is 3.30. The molecule has 3 aromatic rings. The van der Waals surface area contributed by atoms with Crippen LogP contribution in [0.4, 0.5) is 13.2 Å². The largest absolute Gasteiger partial charge is 0.439 e. The van der Waals surface area contributed by atoms with E-state index in [9.17, 15) is 22.8 Å². The van der Waals surface area contributed by atoms with Crippen LogP contribution in [0, 0.1) is 0 Å². The van der Waals surface area contributed by atoms with E-state index in [0.717, 1.165) is 12.1 Å². The average Bonchev–Trinajstić information content (AvgIpc) is 2.78. The van der Waals surface area contributed by atoms with Gasteiger partial charge in [-0.2, -0.15) is 13.2 Å². The van der Waals surface area contributed by atoms with Crippen molar-refractivity contribution in [2.24, 2.45) is 5.73 Å². The molecule has 2 aromatic heterocycles. The van der Waals surface area contributed by atoms with E-state index in [2.05, 4.69) is 15.3 Å². The summed E-state index contributed by atoms with van der Waals surface area (Å²) in [6, 6.07) is 9.53. The number of carbonyl (C=O) groups is 2. The van der Waals surface area contributed by atoms with Gasteiger partial charge in [-0.25, -0.2) is 9.97 Å². The number of alkyl halides is 3. The van der Waals surface area contributed by atoms with Crippen LogP contribution in [0.15, 0.2) is 48.7 Å². The van der Waals surface area contributed by atoms with Gasteiger partial charge in [0.05, 0.1) is 11.1 Å². The van der Waals surface area contributed by atoms with Crippen LogP contribution in [0.5, 0.6) is 11.6 Å². The van der Waals surface area contributed by atoms with Crippen molar-refractivity contribution in [2.45, 2.75) is 12.2 Å². The molecule has 11 heteroatoms. The molecule has 1 fully saturated rings. The summed E-state index contributed by atoms with van der Waals surface area (Å²) in [6.07, 6.45) is -3.77. The van der Waals surface area contributed by atoms with Gasteiger partial charge in [-0.3, -0.25) is 9.59 Å². The lowest BCUT2D eigenvalue weighted by atomic mass is 10.1. The summed E-state index contributed by atoms with van der Waals surface area (Å²) >= 11 is 0. The van der Waals surface area contributed by atoms with Crippen LogP contribution in [0.3, 0.4) is 0 Å². The fourth-order valence-corrected chi connectivity index (χ4v) is 3.30. The fraction of sp³-hybridized carbons (Fsp3) is 0.238. The first-order valence-corrected chi connectivity index (χ1v) is 9.64. The minimum absolute atomic E-state index is 0.0137. The molecule has 0 radical (unpaired) electrons. The SMILES string of the molecule is NC(=O)C1CN(C(=O)c2ccc3cc(Oc4ccc(C(F)(F)F)cn4)ccc3n2)CCN1. The van der Waals surface area contributed by atoms with E-state index >= 15 is 0 Å². The molecule has 166 valence electrons. The average molecular weight is 445 g/mol. The second kappa shape index (κ2) is 8.42. The number of ether oxygens (including phenoxy) is 1. The Bertz CT molecular complexity index is 1170. The number of aromatic nitrogens is 2. The van der Waals surface area contributed by atoms with Crippen LogP contribution in [0.1, 0.15) is 16.1 Å². The first-order chi connectivity index (χ1) is 15.2. The van der Waals surface area contributed by atoms with Gasteiger partial charge in [0.1, 0.15) is 17.5 Å². The predicted octanol–water partition coefficient (Wildman–Crippen LogP) is 2.34. The zero-order valence-electron chi connectivity index (χ0n) is 16.6. The van der Waals surface area contributed by atoms with Crippen LogP contribution in [-0.4, -0.2) is 52.4 Å². The Morgan fingerprint density at radius 3 is 2.66 bits per heavy atom. The number of pyridine rings is 2. The van der Waals surface area contributed by atoms with E-state index < -0.39 is 23.7 Å². The Morgan fingerprint density at radius 2 is 1.97 bits per heavy atom. The molecule has 0 saturated carbocycles. The summed E-state index contributed by atoms with van der Waals surface area (Å²) in [4.78, 5) is 33.8. The lowest BCUT2D eigenvalue weighted by Crippen LogP contribution is -2.57. The molecule has 0 aliphatic carbocycles. The molecule has 2 amide bonds. The third-order valence-corrected chi connectivity index (χ3v) is 4.97. The van der Waals surface area contributed by atoms with Crippen molar-refractivity contribution in [3.05, 3.63) is 59.9 Å². The number of hydrogen-bond donors (Lipinski definition) is 2. The van der Waals surface area contributed by atoms with Crippen molar-refractivity contribution in [3.8, 4) is 11.6 Å². The number of benzene rings is 1. The van der Waals surface area contributed by atoms with E-state index in [1.807, 2.05) is 0 Å². The standard InChI is InChI=1S/C21H18F3N5O3/c22-21(23,24)13-2-6-18(27-10-13)32-14-3-5-15-12(9-14)1-4-16(28-15)20(31)29-8-7-26-17(11-29)19(25)30/h1-6,9-10,17,26H,7-8,11H2,(H2,25,30). The molecular weight excluding hydrogens is 427 g/mol. The minimum atomic E-state index is -4.47. The molecule has 32 heavy (non-hydrogen) atoms. The highest BCUT2D eigenvalue weighted by atomic mass is 19.4. The minimum Gasteiger partial charge on any atom is -0.439 e. The van der Waals surface area contributed by atoms with Crippen molar-refractivity contribution in [1.82, 2.24) is 20.2 Å². The van der Waals surface area contributed by atoms with Crippen LogP contribution in [0.2, 0.25) is 0 Å². The van der Waals surface area contributed by atoms with E-state index in [4.69, 9.17) is 10.5 Å². The molecule has 4 rings (SSSR count). The molecule has 1 atom stereocenters. The number of primary amides is 1. The van der Waals surface area contributed by atoms with Crippen molar-refractivity contribution in [1.29, 1.82) is 0 Å². The first-order valence-electron chi connectivity index (χ1n) is 9.64. The third-order valence-electron chi connectivity index (χ3n) is 4.97. The number of halogens is 3. The molecule has 1 aromatic carbocycles. The normalized spacial score (nSPS) is 16.7. The molecule has 1 unspecified atom stereocenters. The Balaban J connectivity index is 1.50. The van der Waals surface area contributed by atoms with E-state index in [0.29, 0.717) is 35.9 Å². The molecule has 0 spiro atoms. The number of nitrogens with one attached hydrogen (secondary N) is 1. The molecule has 1 aliphatic heterocycles. The van der Waals surface area contributed by atoms with Gasteiger partial charge in [0.15, 0.2) is 0 Å². The highest BCUT2D eigenvalue weighted by Gasteiger charge is 2.31. The number of piperazine rings is 1. The topological polar surface area (TPSA) is 110 Å². The van der Waals surface area contributed by atoms with Crippen LogP contribution < -0.4 is 15.8 Å². The maximum absolute atomic E-state index is 12.8. The molecule has 1 aliphatic rings. The summed E-state index contributed by atoms with van der Waals surface area (Å²) in [5.41, 5.74) is 5.21. The number of fused-ring (bicyclic) bond motifs is 1. The molecular formula is C21H18F3N5O3. The van der Waals surface area contributed by atoms with Gasteiger partial charge in [-0.15, -0.1) is 0 Å². The van der Waals surface area contributed by atoms with Gasteiger partial charge in [-0.1, -0.05) is 6.07 Å². The lowest BCUT2D eigenvalue weighted by molar-refractivity contribution is -0.137. The monoisotopic (exact) mass is 445 g/mol. The highest BCUT2D eigenvalue weighted by molar-refractivity contribution is 5.95. The molecule has 1 saturated heterocycles. The lowest BCUT2D eigenvalue weighted by Gasteiger charge is -2.31. The van der Waals surface area contributed by atoms with Crippen molar-refractivity contribution in [2.75, 3.05) is 19.6 Å². The Morgan fingerprint density at radius 1 is 1.16 bits per heavy atom. The van der Waals surface area contributed by atoms with Gasteiger partial charge >= 0.3 is 6.18 Å². The molecule has 0 bridgehead atoms. The van der Waals surface area contributed by atoms with Crippen molar-refractivity contribution in [3.63, 3.8) is 0 Å². The third kappa shape index (κ3) is 4.62. The smallest absolute Gasteiger partial charge is 0.417 e. The van der Waals surface area contributed by atoms with Gasteiger partial charge in [0.25, 0.3) is 5.91 Å². The predicted molar refractivity (Wildman–Crippen MR) is 108 cm³/mol. The van der Waals surface area contributed by atoms with Gasteiger partial charge in [0, 0.05) is 37.3 Å². The summed E-state index contributed by atoms with van der Waals surface area (Å²) in [7, 11) is 0. The Labute approximate surface area is 180 Å². The molecule has 3 heterocycles. The van der Waals surface area contributed by atoms with Crippen LogP contribution in [-0.2, 0) is 11.0 Å². The van der Waals surface area contributed by atoms with Gasteiger partial charge in [-0.05, 0) is 30.3 Å². The zero-order chi connectivity index (χ0) is 22.9. The summed E-state index contributed by atoms with van der Waals surface area (Å²) < 4.78 is 43.5. The number of rotatable bonds is 4. The Hall–Kier alpha value is -3.73. The second-order valence-corrected chi connectivity index (χ2v) is 7.20. The highest BCUT2D eigenvalue weighted by Crippen LogP contribution is 2.30. The second-order valence-electron chi connectivity index (χ2n) is 7.20. The number of nitrogens with zero attached hydrogens (tertiary/aromatic N) is 3. The number of nitrogens with two attached hydrogens (primary N) is 1. The van der Waals surface area contributed by atoms with E-state index in [-0.39, 0.29) is 24.0 Å². The number of carbonyl (C=O) groups excluding carboxylic acids is 2. The zero-order valence-corrected chi connectivity index (χ0v) is 16.6. The Kier molecular flexibility index (Phi) is 5.66. The van der Waals surface area contributed by atoms with Crippen molar-refractivity contribution < 1.29 is 27.5 Å². The molecule has 3 N–H and O–H groups in total. The summed E-state index contributed by atoms with van der Waals surface area (Å²) in [6.45, 7) is 1.04. The number of hydrogen-bond acceptors (Lipinski definition) is 6. The van der Waals surface area contributed by atoms with E-state index in [1.54, 1.807) is 30.3 Å². The number of amides is 2. The van der Waals surface area contributed by atoms with Crippen LogP contribution >= 0.6 is 0 Å². The maximum Gasteiger partial charge on any atom is 0.417 e. The first kappa shape index (κ1) is 21.5. The van der Waals surface area contributed by atoms with Gasteiger partial charge in [0.2, 0.25) is 11.8 Å². The van der Waals surface area contributed by atoms with Crippen LogP contribution in [0.25, 0.3) is 10.9 Å². The summed E-state index contributed by atoms with van der Waals surface area (Å²) in [5, 5.41) is 3.63. The van der Waals surface area contributed by atoms with Gasteiger partial charge < -0.3 is 20.7 Å².